The van der Waals surface area contributed by atoms with Crippen molar-refractivity contribution in [2.45, 2.75) is 32.8 Å². The molecule has 0 aliphatic carbocycles. The normalized spacial score (nSPS) is 14.6. The van der Waals surface area contributed by atoms with Crippen LogP contribution in [0.15, 0.2) is 60.3 Å². The van der Waals surface area contributed by atoms with Gasteiger partial charge in [0, 0.05) is 17.5 Å². The molecule has 0 bridgehead atoms. The SMILES string of the molecule is C=C(OC)/C(F)=C1/Oc2c(cc(OCc3ccc(CCC)cc3F)c(F)c2F)CC1=C. The van der Waals surface area contributed by atoms with Crippen LogP contribution in [-0.4, -0.2) is 7.11 Å². The van der Waals surface area contributed by atoms with Crippen molar-refractivity contribution in [2.24, 2.45) is 0 Å². The van der Waals surface area contributed by atoms with Crippen LogP contribution in [0.3, 0.4) is 0 Å². The maximum absolute atomic E-state index is 14.7. The number of rotatable bonds is 7. The molecule has 0 saturated heterocycles. The highest BCUT2D eigenvalue weighted by Crippen LogP contribution is 2.41. The van der Waals surface area contributed by atoms with Gasteiger partial charge in [-0.1, -0.05) is 38.6 Å². The Labute approximate surface area is 178 Å². The second-order valence-electron chi connectivity index (χ2n) is 7.11. The van der Waals surface area contributed by atoms with Gasteiger partial charge in [-0.25, -0.2) is 4.39 Å². The summed E-state index contributed by atoms with van der Waals surface area (Å²) >= 11 is 0. The van der Waals surface area contributed by atoms with E-state index >= 15 is 0 Å². The fourth-order valence-corrected chi connectivity index (χ4v) is 3.19. The van der Waals surface area contributed by atoms with Crippen molar-refractivity contribution < 1.29 is 31.8 Å². The zero-order chi connectivity index (χ0) is 22.7. The minimum Gasteiger partial charge on any atom is -0.494 e. The van der Waals surface area contributed by atoms with Crippen LogP contribution in [0.5, 0.6) is 11.5 Å². The predicted octanol–water partition coefficient (Wildman–Crippen LogP) is 6.47. The quantitative estimate of drug-likeness (QED) is 0.369. The fourth-order valence-electron chi connectivity index (χ4n) is 3.19. The molecule has 3 rings (SSSR count). The lowest BCUT2D eigenvalue weighted by Gasteiger charge is -2.24. The zero-order valence-corrected chi connectivity index (χ0v) is 17.3. The lowest BCUT2D eigenvalue weighted by Crippen LogP contribution is -2.15. The van der Waals surface area contributed by atoms with Crippen LogP contribution >= 0.6 is 0 Å². The molecule has 2 aromatic carbocycles. The molecule has 1 aliphatic heterocycles. The molecule has 0 spiro atoms. The van der Waals surface area contributed by atoms with E-state index in [1.807, 2.05) is 6.92 Å². The third-order valence-electron chi connectivity index (χ3n) is 4.86. The summed E-state index contributed by atoms with van der Waals surface area (Å²) in [6.45, 7) is 8.79. The van der Waals surface area contributed by atoms with E-state index in [1.54, 1.807) is 12.1 Å². The average molecular weight is 434 g/mol. The molecule has 0 unspecified atom stereocenters. The van der Waals surface area contributed by atoms with E-state index in [1.165, 1.54) is 19.2 Å². The second kappa shape index (κ2) is 9.29. The Kier molecular flexibility index (Phi) is 6.73. The molecular formula is C24H22F4O3. The number of benzene rings is 2. The highest BCUT2D eigenvalue weighted by molar-refractivity contribution is 5.52. The van der Waals surface area contributed by atoms with Gasteiger partial charge in [0.05, 0.1) is 7.11 Å². The van der Waals surface area contributed by atoms with E-state index in [0.717, 1.165) is 18.4 Å². The molecule has 0 radical (unpaired) electrons. The Morgan fingerprint density at radius 1 is 1.16 bits per heavy atom. The number of methoxy groups -OCH3 is 1. The number of halogens is 4. The van der Waals surface area contributed by atoms with E-state index < -0.39 is 34.8 Å². The zero-order valence-electron chi connectivity index (χ0n) is 17.3. The van der Waals surface area contributed by atoms with Crippen molar-refractivity contribution in [3.8, 4) is 11.5 Å². The van der Waals surface area contributed by atoms with Crippen molar-refractivity contribution in [2.75, 3.05) is 7.11 Å². The maximum Gasteiger partial charge on any atom is 0.207 e. The number of allylic oxidation sites excluding steroid dienone is 2. The molecule has 7 heteroatoms. The topological polar surface area (TPSA) is 27.7 Å². The molecule has 164 valence electrons. The predicted molar refractivity (Wildman–Crippen MR) is 109 cm³/mol. The summed E-state index contributed by atoms with van der Waals surface area (Å²) in [5.41, 5.74) is 1.47. The Hall–Kier alpha value is -3.22. The van der Waals surface area contributed by atoms with Gasteiger partial charge in [0.25, 0.3) is 0 Å². The summed E-state index contributed by atoms with van der Waals surface area (Å²) in [6.07, 6.45) is 1.60. The van der Waals surface area contributed by atoms with Gasteiger partial charge in [-0.05, 0) is 29.7 Å². The summed E-state index contributed by atoms with van der Waals surface area (Å²) in [5.74, 6) is -5.68. The molecule has 2 aromatic rings. The minimum absolute atomic E-state index is 0.0112. The lowest BCUT2D eigenvalue weighted by molar-refractivity contribution is 0.265. The van der Waals surface area contributed by atoms with E-state index in [9.17, 15) is 17.6 Å². The molecule has 0 N–H and O–H groups in total. The van der Waals surface area contributed by atoms with Crippen molar-refractivity contribution in [3.63, 3.8) is 0 Å². The van der Waals surface area contributed by atoms with E-state index in [4.69, 9.17) is 14.2 Å². The molecule has 3 nitrogen and oxygen atoms in total. The van der Waals surface area contributed by atoms with E-state index in [2.05, 4.69) is 13.2 Å². The Morgan fingerprint density at radius 3 is 2.55 bits per heavy atom. The third-order valence-corrected chi connectivity index (χ3v) is 4.86. The highest BCUT2D eigenvalue weighted by Gasteiger charge is 2.30. The summed E-state index contributed by atoms with van der Waals surface area (Å²) in [5, 5.41) is 0. The van der Waals surface area contributed by atoms with Crippen LogP contribution in [0.2, 0.25) is 0 Å². The molecule has 31 heavy (non-hydrogen) atoms. The van der Waals surface area contributed by atoms with Gasteiger partial charge in [0.1, 0.15) is 12.4 Å². The van der Waals surface area contributed by atoms with Crippen LogP contribution in [0.4, 0.5) is 17.6 Å². The molecule has 1 aliphatic rings. The van der Waals surface area contributed by atoms with Crippen molar-refractivity contribution in [3.05, 3.63) is 94.5 Å². The van der Waals surface area contributed by atoms with Gasteiger partial charge in [-0.3, -0.25) is 0 Å². The number of hydrogen-bond acceptors (Lipinski definition) is 3. The molecule has 0 amide bonds. The van der Waals surface area contributed by atoms with Crippen LogP contribution in [-0.2, 0) is 24.2 Å². The number of fused-ring (bicyclic) bond motifs is 1. The Bertz CT molecular complexity index is 1070. The third kappa shape index (κ3) is 4.60. The molecule has 0 atom stereocenters. The summed E-state index contributed by atoms with van der Waals surface area (Å²) < 4.78 is 73.1. The van der Waals surface area contributed by atoms with Crippen molar-refractivity contribution in [1.82, 2.24) is 0 Å². The Balaban J connectivity index is 1.86. The monoisotopic (exact) mass is 434 g/mol. The first-order chi connectivity index (χ1) is 14.8. The van der Waals surface area contributed by atoms with Crippen molar-refractivity contribution >= 4 is 0 Å². The molecule has 0 aromatic heterocycles. The largest absolute Gasteiger partial charge is 0.494 e. The number of hydrogen-bond donors (Lipinski definition) is 0. The van der Waals surface area contributed by atoms with Gasteiger partial charge in [-0.15, -0.1) is 0 Å². The van der Waals surface area contributed by atoms with Crippen molar-refractivity contribution in [1.29, 1.82) is 0 Å². The first-order valence-electron chi connectivity index (χ1n) is 9.66. The van der Waals surface area contributed by atoms with E-state index in [-0.39, 0.29) is 41.2 Å². The molecular weight excluding hydrogens is 412 g/mol. The summed E-state index contributed by atoms with van der Waals surface area (Å²) in [6, 6.07) is 5.96. The molecule has 1 heterocycles. The highest BCUT2D eigenvalue weighted by atomic mass is 19.2. The van der Waals surface area contributed by atoms with Gasteiger partial charge < -0.3 is 14.2 Å². The summed E-state index contributed by atoms with van der Waals surface area (Å²) in [4.78, 5) is 0. The maximum atomic E-state index is 14.7. The first kappa shape index (κ1) is 22.5. The lowest BCUT2D eigenvalue weighted by atomic mass is 9.99. The van der Waals surface area contributed by atoms with Gasteiger partial charge in [0.2, 0.25) is 17.5 Å². The van der Waals surface area contributed by atoms with Crippen LogP contribution in [0.25, 0.3) is 0 Å². The van der Waals surface area contributed by atoms with Gasteiger partial charge in [-0.2, -0.15) is 13.2 Å². The molecule has 0 saturated carbocycles. The summed E-state index contributed by atoms with van der Waals surface area (Å²) in [7, 11) is 1.21. The van der Waals surface area contributed by atoms with Crippen LogP contribution in [0.1, 0.15) is 30.0 Å². The second-order valence-corrected chi connectivity index (χ2v) is 7.11. The first-order valence-corrected chi connectivity index (χ1v) is 9.66. The number of ether oxygens (including phenoxy) is 3. The standard InChI is InChI=1S/C24H22F4O3/c1-5-6-15-7-8-16(18(25)10-15)12-30-19-11-17-9-13(2)23(20(26)14(3)29-4)31-24(17)22(28)21(19)27/h7-8,10-11H,2-3,5-6,9,12H2,1,4H3/b23-20-. The van der Waals surface area contributed by atoms with E-state index in [0.29, 0.717) is 0 Å². The van der Waals surface area contributed by atoms with Gasteiger partial charge in [0.15, 0.2) is 23.0 Å². The Morgan fingerprint density at radius 2 is 1.90 bits per heavy atom. The minimum atomic E-state index is -1.34. The fraction of sp³-hybridized carbons (Fsp3) is 0.250. The average Bonchev–Trinajstić information content (AvgIpc) is 2.75. The van der Waals surface area contributed by atoms with Crippen LogP contribution < -0.4 is 9.47 Å². The smallest absolute Gasteiger partial charge is 0.207 e. The van der Waals surface area contributed by atoms with Gasteiger partial charge >= 0.3 is 0 Å². The number of aryl methyl sites for hydroxylation is 1. The molecule has 0 fully saturated rings. The van der Waals surface area contributed by atoms with Crippen LogP contribution in [0, 0.1) is 17.5 Å².